The molecule has 0 radical (unpaired) electrons. The standard InChI is InChI=1S/C11H17F3N2O2/c12-11(13,14)10(18)3-6-16(7-10)9(17)8-1-4-15-5-2-8/h8,15,18H,1-7H2. The van der Waals surface area contributed by atoms with Gasteiger partial charge in [0.25, 0.3) is 0 Å². The second kappa shape index (κ2) is 4.70. The van der Waals surface area contributed by atoms with E-state index in [4.69, 9.17) is 0 Å². The molecule has 0 saturated carbocycles. The van der Waals surface area contributed by atoms with Gasteiger partial charge in [0.1, 0.15) is 0 Å². The summed E-state index contributed by atoms with van der Waals surface area (Å²) in [5.41, 5.74) is -2.73. The number of β-amino-alcohol motifs (C(OH)–C–C–N with tert-alkyl or cyclic N) is 1. The summed E-state index contributed by atoms with van der Waals surface area (Å²) >= 11 is 0. The van der Waals surface area contributed by atoms with Gasteiger partial charge in [-0.05, 0) is 25.9 Å². The topological polar surface area (TPSA) is 52.6 Å². The number of likely N-dealkylation sites (tertiary alicyclic amines) is 1. The molecule has 2 rings (SSSR count). The zero-order valence-electron chi connectivity index (χ0n) is 9.96. The molecule has 2 aliphatic rings. The van der Waals surface area contributed by atoms with E-state index < -0.39 is 24.7 Å². The van der Waals surface area contributed by atoms with E-state index in [1.807, 2.05) is 0 Å². The molecule has 0 aromatic carbocycles. The third-order valence-corrected chi connectivity index (χ3v) is 3.78. The van der Waals surface area contributed by atoms with Crippen molar-refractivity contribution in [1.29, 1.82) is 0 Å². The Hall–Kier alpha value is -0.820. The first-order valence-electron chi connectivity index (χ1n) is 6.12. The van der Waals surface area contributed by atoms with Crippen LogP contribution in [0.15, 0.2) is 0 Å². The number of rotatable bonds is 1. The first kappa shape index (κ1) is 13.6. The van der Waals surface area contributed by atoms with Gasteiger partial charge in [-0.25, -0.2) is 0 Å². The number of amides is 1. The van der Waals surface area contributed by atoms with Gasteiger partial charge in [-0.15, -0.1) is 0 Å². The lowest BCUT2D eigenvalue weighted by Crippen LogP contribution is -2.49. The first-order valence-corrected chi connectivity index (χ1v) is 6.12. The number of nitrogens with zero attached hydrogens (tertiary/aromatic N) is 1. The van der Waals surface area contributed by atoms with Crippen LogP contribution in [0.1, 0.15) is 19.3 Å². The van der Waals surface area contributed by atoms with Crippen LogP contribution in [0.25, 0.3) is 0 Å². The second-order valence-electron chi connectivity index (χ2n) is 5.06. The highest BCUT2D eigenvalue weighted by atomic mass is 19.4. The molecular formula is C11H17F3N2O2. The Morgan fingerprint density at radius 3 is 2.44 bits per heavy atom. The molecule has 2 N–H and O–H groups in total. The number of halogens is 3. The lowest BCUT2D eigenvalue weighted by Gasteiger charge is -2.29. The van der Waals surface area contributed by atoms with E-state index in [0.717, 1.165) is 4.90 Å². The maximum Gasteiger partial charge on any atom is 0.419 e. The second-order valence-corrected chi connectivity index (χ2v) is 5.06. The quantitative estimate of drug-likeness (QED) is 0.727. The molecule has 18 heavy (non-hydrogen) atoms. The molecule has 2 saturated heterocycles. The molecule has 0 aromatic rings. The highest BCUT2D eigenvalue weighted by Gasteiger charge is 2.58. The maximum absolute atomic E-state index is 12.6. The number of hydrogen-bond donors (Lipinski definition) is 2. The Morgan fingerprint density at radius 2 is 1.94 bits per heavy atom. The van der Waals surface area contributed by atoms with Gasteiger partial charge in [-0.2, -0.15) is 13.2 Å². The summed E-state index contributed by atoms with van der Waals surface area (Å²) < 4.78 is 37.9. The van der Waals surface area contributed by atoms with Crippen molar-refractivity contribution in [1.82, 2.24) is 10.2 Å². The van der Waals surface area contributed by atoms with E-state index in [1.54, 1.807) is 0 Å². The molecule has 2 fully saturated rings. The molecule has 1 amide bonds. The highest BCUT2D eigenvalue weighted by Crippen LogP contribution is 2.38. The first-order chi connectivity index (χ1) is 8.33. The minimum Gasteiger partial charge on any atom is -0.379 e. The molecule has 0 spiro atoms. The van der Waals surface area contributed by atoms with Crippen LogP contribution in [0.3, 0.4) is 0 Å². The van der Waals surface area contributed by atoms with Crippen molar-refractivity contribution in [2.75, 3.05) is 26.2 Å². The van der Waals surface area contributed by atoms with Crippen LogP contribution in [0.4, 0.5) is 13.2 Å². The van der Waals surface area contributed by atoms with E-state index >= 15 is 0 Å². The van der Waals surface area contributed by atoms with E-state index in [9.17, 15) is 23.1 Å². The van der Waals surface area contributed by atoms with Crippen LogP contribution in [0.5, 0.6) is 0 Å². The SMILES string of the molecule is O=C(C1CCNCC1)N1CCC(O)(C(F)(F)F)C1. The summed E-state index contributed by atoms with van der Waals surface area (Å²) in [5.74, 6) is -0.460. The Bertz CT molecular complexity index is 329. The van der Waals surface area contributed by atoms with Crippen molar-refractivity contribution >= 4 is 5.91 Å². The predicted molar refractivity (Wildman–Crippen MR) is 57.8 cm³/mol. The van der Waals surface area contributed by atoms with Crippen molar-refractivity contribution < 1.29 is 23.1 Å². The number of alkyl halides is 3. The molecule has 104 valence electrons. The van der Waals surface area contributed by atoms with Crippen LogP contribution < -0.4 is 5.32 Å². The fraction of sp³-hybridized carbons (Fsp3) is 0.909. The number of carbonyl (C=O) groups excluding carboxylic acids is 1. The summed E-state index contributed by atoms with van der Waals surface area (Å²) in [6.45, 7) is 0.791. The number of carbonyl (C=O) groups is 1. The van der Waals surface area contributed by atoms with Gasteiger partial charge in [-0.1, -0.05) is 0 Å². The number of piperidine rings is 1. The molecule has 1 atom stereocenters. The molecule has 0 aromatic heterocycles. The Kier molecular flexibility index (Phi) is 3.55. The number of hydrogen-bond acceptors (Lipinski definition) is 3. The minimum atomic E-state index is -4.67. The zero-order chi connectivity index (χ0) is 13.4. The molecule has 0 bridgehead atoms. The zero-order valence-corrected chi connectivity index (χ0v) is 9.96. The lowest BCUT2D eigenvalue weighted by atomic mass is 9.96. The fourth-order valence-electron chi connectivity index (χ4n) is 2.54. The Morgan fingerprint density at radius 1 is 1.33 bits per heavy atom. The van der Waals surface area contributed by atoms with E-state index in [0.29, 0.717) is 25.9 Å². The van der Waals surface area contributed by atoms with Crippen LogP contribution in [-0.4, -0.2) is 53.9 Å². The molecule has 2 aliphatic heterocycles. The van der Waals surface area contributed by atoms with E-state index in [1.165, 1.54) is 0 Å². The minimum absolute atomic E-state index is 0.0151. The number of aliphatic hydroxyl groups is 1. The highest BCUT2D eigenvalue weighted by molar-refractivity contribution is 5.79. The largest absolute Gasteiger partial charge is 0.419 e. The molecule has 7 heteroatoms. The third-order valence-electron chi connectivity index (χ3n) is 3.78. The summed E-state index contributed by atoms with van der Waals surface area (Å²) in [5, 5.41) is 12.6. The summed E-state index contributed by atoms with van der Waals surface area (Å²) in [6.07, 6.45) is -3.79. The van der Waals surface area contributed by atoms with Crippen LogP contribution in [0.2, 0.25) is 0 Å². The maximum atomic E-state index is 12.6. The van der Waals surface area contributed by atoms with Gasteiger partial charge in [0, 0.05) is 18.9 Å². The van der Waals surface area contributed by atoms with Gasteiger partial charge in [-0.3, -0.25) is 4.79 Å². The smallest absolute Gasteiger partial charge is 0.379 e. The average Bonchev–Trinajstić information content (AvgIpc) is 2.73. The van der Waals surface area contributed by atoms with Crippen LogP contribution in [-0.2, 0) is 4.79 Å². The van der Waals surface area contributed by atoms with Gasteiger partial charge in [0.2, 0.25) is 5.91 Å². The molecular weight excluding hydrogens is 249 g/mol. The van der Waals surface area contributed by atoms with Crippen LogP contribution >= 0.6 is 0 Å². The molecule has 2 heterocycles. The molecule has 0 aliphatic carbocycles. The van der Waals surface area contributed by atoms with Crippen molar-refractivity contribution in [2.24, 2.45) is 5.92 Å². The monoisotopic (exact) mass is 266 g/mol. The summed E-state index contributed by atoms with van der Waals surface area (Å²) in [7, 11) is 0. The fourth-order valence-corrected chi connectivity index (χ4v) is 2.54. The van der Waals surface area contributed by atoms with Crippen LogP contribution in [0, 0.1) is 5.92 Å². The molecule has 1 unspecified atom stereocenters. The van der Waals surface area contributed by atoms with Crippen molar-refractivity contribution in [3.8, 4) is 0 Å². The normalized spacial score (nSPS) is 30.8. The Balaban J connectivity index is 1.98. The number of nitrogens with one attached hydrogen (secondary N) is 1. The summed E-state index contributed by atoms with van der Waals surface area (Å²) in [6, 6.07) is 0. The lowest BCUT2D eigenvalue weighted by molar-refractivity contribution is -0.253. The third kappa shape index (κ3) is 2.47. The van der Waals surface area contributed by atoms with Crippen molar-refractivity contribution in [3.05, 3.63) is 0 Å². The average molecular weight is 266 g/mol. The van der Waals surface area contributed by atoms with E-state index in [-0.39, 0.29) is 18.4 Å². The van der Waals surface area contributed by atoms with Gasteiger partial charge in [0.15, 0.2) is 5.60 Å². The molecule has 4 nitrogen and oxygen atoms in total. The van der Waals surface area contributed by atoms with Crippen molar-refractivity contribution in [2.45, 2.75) is 31.0 Å². The van der Waals surface area contributed by atoms with Gasteiger partial charge >= 0.3 is 6.18 Å². The summed E-state index contributed by atoms with van der Waals surface area (Å²) in [4.78, 5) is 13.2. The van der Waals surface area contributed by atoms with Crippen molar-refractivity contribution in [3.63, 3.8) is 0 Å². The van der Waals surface area contributed by atoms with Gasteiger partial charge in [0.05, 0.1) is 6.54 Å². The Labute approximate surface area is 103 Å². The van der Waals surface area contributed by atoms with Gasteiger partial charge < -0.3 is 15.3 Å². The van der Waals surface area contributed by atoms with E-state index in [2.05, 4.69) is 5.32 Å². The predicted octanol–water partition coefficient (Wildman–Crippen LogP) is 0.512.